The zero-order valence-corrected chi connectivity index (χ0v) is 8.69. The number of ether oxygens (including phenoxy) is 1. The van der Waals surface area contributed by atoms with Crippen LogP contribution in [0, 0.1) is 21.8 Å². The van der Waals surface area contributed by atoms with Gasteiger partial charge in [-0.15, -0.1) is 0 Å². The van der Waals surface area contributed by atoms with Crippen molar-refractivity contribution in [1.82, 2.24) is 0 Å². The van der Waals surface area contributed by atoms with Gasteiger partial charge in [0.15, 0.2) is 5.75 Å². The summed E-state index contributed by atoms with van der Waals surface area (Å²) in [4.78, 5) is 10.1. The minimum absolute atomic E-state index is 0.0249. The summed E-state index contributed by atoms with van der Waals surface area (Å²) >= 11 is 0. The van der Waals surface area contributed by atoms with Crippen molar-refractivity contribution in [1.29, 1.82) is 0 Å². The van der Waals surface area contributed by atoms with Crippen LogP contribution in [0.2, 0.25) is 0 Å². The molecule has 0 unspecified atom stereocenters. The highest BCUT2D eigenvalue weighted by Gasteiger charge is 2.21. The number of halogens is 1. The smallest absolute Gasteiger partial charge is 0.311 e. The van der Waals surface area contributed by atoms with Crippen LogP contribution in [0.5, 0.6) is 5.75 Å². The summed E-state index contributed by atoms with van der Waals surface area (Å²) in [5, 5.41) is 10.7. The van der Waals surface area contributed by atoms with Crippen LogP contribution in [-0.2, 0) is 0 Å². The topological polar surface area (TPSA) is 52.4 Å². The maximum Gasteiger partial charge on any atom is 0.311 e. The molecule has 16 heavy (non-hydrogen) atoms. The average Bonchev–Trinajstić information content (AvgIpc) is 2.14. The molecular weight excluding hydrogens is 213 g/mol. The molecule has 0 spiro atoms. The predicted molar refractivity (Wildman–Crippen MR) is 55.9 cm³/mol. The van der Waals surface area contributed by atoms with E-state index in [1.165, 1.54) is 6.42 Å². The third-order valence-electron chi connectivity index (χ3n) is 2.82. The van der Waals surface area contributed by atoms with E-state index in [-0.39, 0.29) is 11.4 Å². The lowest BCUT2D eigenvalue weighted by molar-refractivity contribution is -0.386. The number of nitro groups is 1. The minimum atomic E-state index is -0.560. The van der Waals surface area contributed by atoms with Crippen LogP contribution in [0.15, 0.2) is 18.2 Å². The van der Waals surface area contributed by atoms with Crippen molar-refractivity contribution in [3.8, 4) is 5.75 Å². The van der Waals surface area contributed by atoms with E-state index in [0.717, 1.165) is 31.0 Å². The van der Waals surface area contributed by atoms with Gasteiger partial charge in [-0.05, 0) is 24.8 Å². The lowest BCUT2D eigenvalue weighted by atomic mass is 9.86. The molecule has 1 saturated carbocycles. The van der Waals surface area contributed by atoms with Gasteiger partial charge in [0.1, 0.15) is 5.82 Å². The first kappa shape index (κ1) is 10.9. The Hall–Kier alpha value is -1.65. The molecule has 0 bridgehead atoms. The summed E-state index contributed by atoms with van der Waals surface area (Å²) in [6, 6.07) is 3.26. The third-order valence-corrected chi connectivity index (χ3v) is 2.82. The lowest BCUT2D eigenvalue weighted by Gasteiger charge is -2.24. The van der Waals surface area contributed by atoms with E-state index in [1.54, 1.807) is 0 Å². The zero-order valence-electron chi connectivity index (χ0n) is 8.69. The number of benzene rings is 1. The predicted octanol–water partition coefficient (Wildman–Crippen LogP) is 2.91. The summed E-state index contributed by atoms with van der Waals surface area (Å²) in [6.07, 6.45) is 3.35. The van der Waals surface area contributed by atoms with Crippen LogP contribution < -0.4 is 4.74 Å². The molecule has 1 aromatic rings. The molecule has 0 amide bonds. The molecule has 0 heterocycles. The van der Waals surface area contributed by atoms with Crippen LogP contribution in [-0.4, -0.2) is 11.5 Å². The Morgan fingerprint density at radius 2 is 2.25 bits per heavy atom. The van der Waals surface area contributed by atoms with Crippen molar-refractivity contribution in [3.05, 3.63) is 34.1 Å². The Morgan fingerprint density at radius 3 is 2.81 bits per heavy atom. The van der Waals surface area contributed by atoms with Crippen LogP contribution in [0.3, 0.4) is 0 Å². The summed E-state index contributed by atoms with van der Waals surface area (Å²) in [7, 11) is 0. The molecular formula is C11H12FNO3. The van der Waals surface area contributed by atoms with Gasteiger partial charge in [-0.2, -0.15) is 0 Å². The molecule has 0 aliphatic heterocycles. The molecule has 5 heteroatoms. The fraction of sp³-hybridized carbons (Fsp3) is 0.455. The Labute approximate surface area is 92.2 Å². The fourth-order valence-corrected chi connectivity index (χ4v) is 1.62. The molecule has 0 radical (unpaired) electrons. The maximum atomic E-state index is 12.9. The van der Waals surface area contributed by atoms with Crippen LogP contribution in [0.25, 0.3) is 0 Å². The fourth-order valence-electron chi connectivity index (χ4n) is 1.62. The monoisotopic (exact) mass is 225 g/mol. The van der Waals surface area contributed by atoms with Gasteiger partial charge in [-0.25, -0.2) is 4.39 Å². The highest BCUT2D eigenvalue weighted by atomic mass is 19.1. The van der Waals surface area contributed by atoms with Crippen molar-refractivity contribution < 1.29 is 14.1 Å². The van der Waals surface area contributed by atoms with E-state index in [4.69, 9.17) is 4.74 Å². The van der Waals surface area contributed by atoms with E-state index in [2.05, 4.69) is 0 Å². The van der Waals surface area contributed by atoms with Gasteiger partial charge in [-0.3, -0.25) is 10.1 Å². The first-order valence-electron chi connectivity index (χ1n) is 5.23. The summed E-state index contributed by atoms with van der Waals surface area (Å²) in [6.45, 7) is 0.435. The number of nitro benzene ring substituents is 1. The second kappa shape index (κ2) is 4.47. The molecule has 0 saturated heterocycles. The van der Waals surface area contributed by atoms with Crippen LogP contribution in [0.4, 0.5) is 10.1 Å². The van der Waals surface area contributed by atoms with Crippen LogP contribution >= 0.6 is 0 Å². The van der Waals surface area contributed by atoms with Crippen molar-refractivity contribution in [3.63, 3.8) is 0 Å². The number of nitrogens with zero attached hydrogens (tertiary/aromatic N) is 1. The molecule has 4 nitrogen and oxygen atoms in total. The normalized spacial score (nSPS) is 15.6. The molecule has 1 fully saturated rings. The minimum Gasteiger partial charge on any atom is -0.486 e. The van der Waals surface area contributed by atoms with Gasteiger partial charge in [-0.1, -0.05) is 6.42 Å². The Kier molecular flexibility index (Phi) is 3.03. The zero-order chi connectivity index (χ0) is 11.5. The molecule has 1 aliphatic rings. The van der Waals surface area contributed by atoms with Crippen molar-refractivity contribution in [2.45, 2.75) is 19.3 Å². The van der Waals surface area contributed by atoms with E-state index in [1.807, 2.05) is 0 Å². The second-order valence-electron chi connectivity index (χ2n) is 3.98. The standard InChI is InChI=1S/C11H12FNO3/c12-9-4-5-10(13(14)15)11(6-9)16-7-8-2-1-3-8/h4-6,8H,1-3,7H2. The van der Waals surface area contributed by atoms with Crippen molar-refractivity contribution in [2.24, 2.45) is 5.92 Å². The van der Waals surface area contributed by atoms with E-state index >= 15 is 0 Å². The largest absolute Gasteiger partial charge is 0.486 e. The SMILES string of the molecule is O=[N+]([O-])c1ccc(F)cc1OCC1CCC1. The summed E-state index contributed by atoms with van der Waals surface area (Å²) < 4.78 is 18.2. The summed E-state index contributed by atoms with van der Waals surface area (Å²) in [5.74, 6) is -0.0334. The molecule has 86 valence electrons. The number of hydrogen-bond donors (Lipinski definition) is 0. The lowest BCUT2D eigenvalue weighted by Crippen LogP contribution is -2.19. The average molecular weight is 225 g/mol. The second-order valence-corrected chi connectivity index (χ2v) is 3.98. The molecule has 0 N–H and O–H groups in total. The van der Waals surface area contributed by atoms with Gasteiger partial charge < -0.3 is 4.74 Å². The van der Waals surface area contributed by atoms with E-state index in [0.29, 0.717) is 12.5 Å². The maximum absolute atomic E-state index is 12.9. The van der Waals surface area contributed by atoms with E-state index in [9.17, 15) is 14.5 Å². The Morgan fingerprint density at radius 1 is 1.50 bits per heavy atom. The molecule has 0 atom stereocenters. The Bertz CT molecular complexity index is 404. The van der Waals surface area contributed by atoms with Crippen molar-refractivity contribution in [2.75, 3.05) is 6.61 Å². The number of hydrogen-bond acceptors (Lipinski definition) is 3. The first-order chi connectivity index (χ1) is 7.66. The van der Waals surface area contributed by atoms with Gasteiger partial charge in [0.05, 0.1) is 11.5 Å². The highest BCUT2D eigenvalue weighted by Crippen LogP contribution is 2.31. The Balaban J connectivity index is 2.09. The molecule has 1 aliphatic carbocycles. The first-order valence-corrected chi connectivity index (χ1v) is 5.23. The summed E-state index contributed by atoms with van der Waals surface area (Å²) in [5.41, 5.74) is -0.180. The quantitative estimate of drug-likeness (QED) is 0.584. The van der Waals surface area contributed by atoms with Gasteiger partial charge in [0.25, 0.3) is 0 Å². The van der Waals surface area contributed by atoms with Crippen molar-refractivity contribution >= 4 is 5.69 Å². The van der Waals surface area contributed by atoms with Gasteiger partial charge >= 0.3 is 5.69 Å². The van der Waals surface area contributed by atoms with Gasteiger partial charge in [0, 0.05) is 12.1 Å². The molecule has 1 aromatic carbocycles. The number of rotatable bonds is 4. The third kappa shape index (κ3) is 2.29. The highest BCUT2D eigenvalue weighted by molar-refractivity contribution is 5.46. The van der Waals surface area contributed by atoms with E-state index < -0.39 is 10.7 Å². The molecule has 2 rings (SSSR count). The van der Waals surface area contributed by atoms with Crippen LogP contribution in [0.1, 0.15) is 19.3 Å². The molecule has 0 aromatic heterocycles. The van der Waals surface area contributed by atoms with Gasteiger partial charge in [0.2, 0.25) is 0 Å².